The van der Waals surface area contributed by atoms with E-state index in [2.05, 4.69) is 14.6 Å². The van der Waals surface area contributed by atoms with E-state index in [9.17, 15) is 22.7 Å². The predicted octanol–water partition coefficient (Wildman–Crippen LogP) is 3.81. The molecule has 1 aromatic carbocycles. The maximum Gasteiger partial charge on any atom is 0.337 e. The van der Waals surface area contributed by atoms with Crippen molar-refractivity contribution in [3.63, 3.8) is 0 Å². The van der Waals surface area contributed by atoms with E-state index >= 15 is 0 Å². The highest BCUT2D eigenvalue weighted by molar-refractivity contribution is 7.92. The number of hydrogen-bond donors (Lipinski definition) is 2. The van der Waals surface area contributed by atoms with Gasteiger partial charge in [-0.1, -0.05) is 6.42 Å². The lowest BCUT2D eigenvalue weighted by molar-refractivity contribution is 0.0696. The largest absolute Gasteiger partial charge is 0.478 e. The van der Waals surface area contributed by atoms with Crippen LogP contribution in [0.25, 0.3) is 0 Å². The van der Waals surface area contributed by atoms with Gasteiger partial charge >= 0.3 is 5.97 Å². The molecule has 1 aromatic heterocycles. The second kappa shape index (κ2) is 10.7. The van der Waals surface area contributed by atoms with Crippen LogP contribution in [0.3, 0.4) is 0 Å². The third-order valence-corrected chi connectivity index (χ3v) is 8.08. The molecule has 3 heterocycles. The molecule has 0 spiro atoms. The third-order valence-electron chi connectivity index (χ3n) is 6.70. The maximum absolute atomic E-state index is 13.2. The number of halogens is 1. The minimum Gasteiger partial charge on any atom is -0.478 e. The minimum atomic E-state index is -4.05. The van der Waals surface area contributed by atoms with E-state index in [0.717, 1.165) is 51.0 Å². The molecule has 0 bridgehead atoms. The fourth-order valence-corrected chi connectivity index (χ4v) is 5.75. The average Bonchev–Trinajstić information content (AvgIpc) is 2.84. The number of piperidine rings is 2. The molecule has 8 nitrogen and oxygen atoms in total. The molecule has 2 aliphatic rings. The van der Waals surface area contributed by atoms with Gasteiger partial charge in [-0.25, -0.2) is 22.6 Å². The van der Waals surface area contributed by atoms with Gasteiger partial charge < -0.3 is 14.9 Å². The van der Waals surface area contributed by atoms with Crippen LogP contribution in [0.4, 0.5) is 15.9 Å². The Morgan fingerprint density at radius 2 is 1.76 bits per heavy atom. The van der Waals surface area contributed by atoms with E-state index in [1.165, 1.54) is 56.7 Å². The second-order valence-electron chi connectivity index (χ2n) is 9.08. The van der Waals surface area contributed by atoms with Gasteiger partial charge in [-0.3, -0.25) is 4.72 Å². The molecule has 10 heteroatoms. The third kappa shape index (κ3) is 6.04. The summed E-state index contributed by atoms with van der Waals surface area (Å²) in [7, 11) is -4.05. The lowest BCUT2D eigenvalue weighted by Gasteiger charge is -2.35. The molecule has 0 atom stereocenters. The molecule has 2 aliphatic heterocycles. The van der Waals surface area contributed by atoms with Crippen LogP contribution < -0.4 is 9.62 Å². The van der Waals surface area contributed by atoms with Gasteiger partial charge in [0.15, 0.2) is 5.82 Å². The molecule has 2 aromatic rings. The van der Waals surface area contributed by atoms with Crippen molar-refractivity contribution in [1.82, 2.24) is 9.88 Å². The van der Waals surface area contributed by atoms with Crippen molar-refractivity contribution in [3.8, 4) is 0 Å². The van der Waals surface area contributed by atoms with Gasteiger partial charge in [0.1, 0.15) is 5.82 Å². The first kappa shape index (κ1) is 24.4. The summed E-state index contributed by atoms with van der Waals surface area (Å²) in [4.78, 5) is 20.2. The van der Waals surface area contributed by atoms with Crippen molar-refractivity contribution in [2.24, 2.45) is 5.92 Å². The molecule has 0 saturated carbocycles. The number of aromatic carboxylic acids is 1. The van der Waals surface area contributed by atoms with E-state index in [0.29, 0.717) is 11.7 Å². The number of carbonyl (C=O) groups is 1. The Morgan fingerprint density at radius 3 is 2.41 bits per heavy atom. The van der Waals surface area contributed by atoms with Gasteiger partial charge in [-0.2, -0.15) is 0 Å². The Balaban J connectivity index is 1.46. The molecule has 0 amide bonds. The Morgan fingerprint density at radius 1 is 1.09 bits per heavy atom. The molecule has 0 radical (unpaired) electrons. The summed E-state index contributed by atoms with van der Waals surface area (Å²) >= 11 is 0. The summed E-state index contributed by atoms with van der Waals surface area (Å²) in [6, 6.07) is 5.75. The number of likely N-dealkylation sites (tertiary alicyclic amines) is 1. The van der Waals surface area contributed by atoms with Crippen LogP contribution in [-0.4, -0.2) is 62.1 Å². The molecule has 2 fully saturated rings. The van der Waals surface area contributed by atoms with Gasteiger partial charge in [0, 0.05) is 19.3 Å². The summed E-state index contributed by atoms with van der Waals surface area (Å²) < 4.78 is 41.5. The first-order valence-electron chi connectivity index (χ1n) is 11.8. The number of carboxylic acid groups (broad SMARTS) is 1. The van der Waals surface area contributed by atoms with Crippen LogP contribution in [0.15, 0.2) is 41.4 Å². The van der Waals surface area contributed by atoms with E-state index in [1.54, 1.807) is 0 Å². The summed E-state index contributed by atoms with van der Waals surface area (Å²) in [5.74, 6) is -0.726. The quantitative estimate of drug-likeness (QED) is 0.580. The Kier molecular flexibility index (Phi) is 7.67. The van der Waals surface area contributed by atoms with Crippen LogP contribution in [-0.2, 0) is 10.0 Å². The average molecular weight is 491 g/mol. The van der Waals surface area contributed by atoms with Gasteiger partial charge in [0.2, 0.25) is 0 Å². The number of carboxylic acids is 1. The van der Waals surface area contributed by atoms with Crippen molar-refractivity contribution < 1.29 is 22.7 Å². The maximum atomic E-state index is 13.2. The van der Waals surface area contributed by atoms with Crippen molar-refractivity contribution in [1.29, 1.82) is 0 Å². The zero-order chi connectivity index (χ0) is 24.1. The summed E-state index contributed by atoms with van der Waals surface area (Å²) in [6.07, 6.45) is 8.25. The topological polar surface area (TPSA) is 103 Å². The number of rotatable bonds is 8. The van der Waals surface area contributed by atoms with E-state index in [1.807, 2.05) is 4.90 Å². The Labute approximate surface area is 199 Å². The Hall–Kier alpha value is -2.72. The molecular weight excluding hydrogens is 459 g/mol. The number of hydrogen-bond acceptors (Lipinski definition) is 6. The van der Waals surface area contributed by atoms with Crippen molar-refractivity contribution in [2.45, 2.75) is 43.4 Å². The van der Waals surface area contributed by atoms with Crippen molar-refractivity contribution in [3.05, 3.63) is 47.9 Å². The first-order valence-corrected chi connectivity index (χ1v) is 13.3. The van der Waals surface area contributed by atoms with Gasteiger partial charge in [0.25, 0.3) is 10.0 Å². The van der Waals surface area contributed by atoms with Gasteiger partial charge in [-0.05, 0) is 88.0 Å². The molecule has 2 saturated heterocycles. The van der Waals surface area contributed by atoms with Crippen LogP contribution in [0.5, 0.6) is 0 Å². The van der Waals surface area contributed by atoms with Gasteiger partial charge in [-0.15, -0.1) is 0 Å². The van der Waals surface area contributed by atoms with E-state index < -0.39 is 21.8 Å². The molecule has 0 unspecified atom stereocenters. The number of benzene rings is 1. The summed E-state index contributed by atoms with van der Waals surface area (Å²) in [5, 5.41) is 9.38. The molecule has 0 aliphatic carbocycles. The van der Waals surface area contributed by atoms with Gasteiger partial charge in [0.05, 0.1) is 16.1 Å². The molecule has 184 valence electrons. The zero-order valence-electron chi connectivity index (χ0n) is 19.1. The number of pyridine rings is 1. The number of nitrogens with one attached hydrogen (secondary N) is 1. The normalized spacial score (nSPS) is 18.1. The fourth-order valence-electron chi connectivity index (χ4n) is 4.70. The Bertz CT molecular complexity index is 1100. The lowest BCUT2D eigenvalue weighted by atomic mass is 9.93. The predicted molar refractivity (Wildman–Crippen MR) is 128 cm³/mol. The molecular formula is C24H31FN4O4S. The number of nitrogens with zero attached hydrogens (tertiary/aromatic N) is 3. The van der Waals surface area contributed by atoms with Crippen LogP contribution >= 0.6 is 0 Å². The highest BCUT2D eigenvalue weighted by Gasteiger charge is 2.26. The van der Waals surface area contributed by atoms with Crippen molar-refractivity contribution in [2.75, 3.05) is 42.3 Å². The lowest BCUT2D eigenvalue weighted by Crippen LogP contribution is -2.37. The van der Waals surface area contributed by atoms with Crippen LogP contribution in [0, 0.1) is 11.7 Å². The summed E-state index contributed by atoms with van der Waals surface area (Å²) in [5.41, 5.74) is -0.00651. The number of aromatic nitrogens is 1. The smallest absolute Gasteiger partial charge is 0.337 e. The number of sulfonamides is 1. The fraction of sp³-hybridized carbons (Fsp3) is 0.500. The highest BCUT2D eigenvalue weighted by atomic mass is 32.2. The number of anilines is 2. The second-order valence-corrected chi connectivity index (χ2v) is 10.8. The molecule has 2 N–H and O–H groups in total. The standard InChI is InChI=1S/C24H31FN4O4S/c25-20-4-6-21(7-5-20)34(32,33)27-22-16-19(24(30)31)17-26-23(22)29-14-9-18(10-15-29)8-13-28-11-2-1-3-12-28/h4-7,16-18,27H,1-3,8-15H2,(H,30,31). The molecule has 4 rings (SSSR count). The van der Waals surface area contributed by atoms with Crippen LogP contribution in [0.1, 0.15) is 48.9 Å². The van der Waals surface area contributed by atoms with E-state index in [4.69, 9.17) is 0 Å². The van der Waals surface area contributed by atoms with Crippen LogP contribution in [0.2, 0.25) is 0 Å². The molecule has 34 heavy (non-hydrogen) atoms. The monoisotopic (exact) mass is 490 g/mol. The minimum absolute atomic E-state index is 0.107. The zero-order valence-corrected chi connectivity index (χ0v) is 19.9. The first-order chi connectivity index (χ1) is 16.3. The summed E-state index contributed by atoms with van der Waals surface area (Å²) in [6.45, 7) is 4.94. The van der Waals surface area contributed by atoms with E-state index in [-0.39, 0.29) is 16.1 Å². The highest BCUT2D eigenvalue weighted by Crippen LogP contribution is 2.31. The SMILES string of the molecule is O=C(O)c1cnc(N2CCC(CCN3CCCCC3)CC2)c(NS(=O)(=O)c2ccc(F)cc2)c1. The van der Waals surface area contributed by atoms with Crippen molar-refractivity contribution >= 4 is 27.5 Å².